The van der Waals surface area contributed by atoms with Gasteiger partial charge < -0.3 is 10.6 Å². The minimum atomic E-state index is 0.111. The maximum absolute atomic E-state index is 12.1. The van der Waals surface area contributed by atoms with Crippen LogP contribution in [0.4, 0.5) is 0 Å². The highest BCUT2D eigenvalue weighted by Gasteiger charge is 2.28. The molecule has 0 spiro atoms. The molecular weight excluding hydrogens is 226 g/mol. The zero-order valence-electron chi connectivity index (χ0n) is 11.6. The molecule has 0 aliphatic carbocycles. The van der Waals surface area contributed by atoms with Crippen LogP contribution in [-0.2, 0) is 4.79 Å². The second-order valence-corrected chi connectivity index (χ2v) is 5.60. The number of hydrogen-bond acceptors (Lipinski definition) is 3. The summed E-state index contributed by atoms with van der Waals surface area (Å²) >= 11 is 0. The molecule has 2 aliphatic heterocycles. The van der Waals surface area contributed by atoms with E-state index in [2.05, 4.69) is 22.5 Å². The van der Waals surface area contributed by atoms with Crippen LogP contribution < -0.4 is 10.6 Å². The first-order valence-corrected chi connectivity index (χ1v) is 7.53. The molecule has 2 heterocycles. The highest BCUT2D eigenvalue weighted by molar-refractivity contribution is 5.81. The Morgan fingerprint density at radius 1 is 1.22 bits per heavy atom. The molecular formula is C14H27N3O. The number of amides is 1. The molecule has 0 radical (unpaired) electrons. The number of nitrogens with zero attached hydrogens (tertiary/aromatic N) is 1. The fourth-order valence-electron chi connectivity index (χ4n) is 3.16. The first-order valence-electron chi connectivity index (χ1n) is 7.53. The molecule has 2 atom stereocenters. The highest BCUT2D eigenvalue weighted by Crippen LogP contribution is 2.17. The molecule has 104 valence electrons. The van der Waals surface area contributed by atoms with E-state index in [0.29, 0.717) is 0 Å². The number of rotatable bonds is 4. The Balaban J connectivity index is 1.90. The zero-order valence-corrected chi connectivity index (χ0v) is 11.6. The molecule has 2 aliphatic rings. The van der Waals surface area contributed by atoms with Gasteiger partial charge in [-0.3, -0.25) is 9.69 Å². The molecule has 2 fully saturated rings. The Labute approximate surface area is 110 Å². The van der Waals surface area contributed by atoms with E-state index in [4.69, 9.17) is 0 Å². The van der Waals surface area contributed by atoms with Crippen LogP contribution in [-0.4, -0.2) is 49.6 Å². The van der Waals surface area contributed by atoms with Crippen LogP contribution in [0.5, 0.6) is 0 Å². The van der Waals surface area contributed by atoms with Crippen LogP contribution in [0.25, 0.3) is 0 Å². The van der Waals surface area contributed by atoms with Crippen LogP contribution in [0.3, 0.4) is 0 Å². The van der Waals surface area contributed by atoms with Crippen molar-refractivity contribution in [2.45, 2.75) is 45.1 Å². The van der Waals surface area contributed by atoms with Gasteiger partial charge in [-0.15, -0.1) is 0 Å². The van der Waals surface area contributed by atoms with Gasteiger partial charge in [0.25, 0.3) is 0 Å². The van der Waals surface area contributed by atoms with Gasteiger partial charge in [0.05, 0.1) is 6.04 Å². The second-order valence-electron chi connectivity index (χ2n) is 5.60. The summed E-state index contributed by atoms with van der Waals surface area (Å²) < 4.78 is 0. The lowest BCUT2D eigenvalue weighted by Gasteiger charge is -2.33. The van der Waals surface area contributed by atoms with E-state index in [-0.39, 0.29) is 11.9 Å². The van der Waals surface area contributed by atoms with Gasteiger partial charge in [-0.05, 0) is 57.7 Å². The van der Waals surface area contributed by atoms with Crippen molar-refractivity contribution in [3.05, 3.63) is 0 Å². The molecule has 0 aromatic rings. The van der Waals surface area contributed by atoms with Crippen molar-refractivity contribution < 1.29 is 4.79 Å². The molecule has 18 heavy (non-hydrogen) atoms. The number of carbonyl (C=O) groups is 1. The molecule has 2 rings (SSSR count). The number of likely N-dealkylation sites (N-methyl/N-ethyl adjacent to an activating group) is 1. The number of carbonyl (C=O) groups excluding carboxylic acids is 1. The van der Waals surface area contributed by atoms with Crippen molar-refractivity contribution in [2.24, 2.45) is 5.92 Å². The first kappa shape index (κ1) is 13.8. The van der Waals surface area contributed by atoms with Crippen LogP contribution in [0.1, 0.15) is 39.0 Å². The molecule has 0 saturated carbocycles. The number of piperidine rings is 1. The van der Waals surface area contributed by atoms with E-state index < -0.39 is 0 Å². The zero-order chi connectivity index (χ0) is 12.8. The fourth-order valence-corrected chi connectivity index (χ4v) is 3.16. The number of hydrogen-bond donors (Lipinski definition) is 2. The number of nitrogens with one attached hydrogen (secondary N) is 2. The van der Waals surface area contributed by atoms with Gasteiger partial charge in [-0.2, -0.15) is 0 Å². The quantitative estimate of drug-likeness (QED) is 0.785. The van der Waals surface area contributed by atoms with E-state index >= 15 is 0 Å². The van der Waals surface area contributed by atoms with Crippen molar-refractivity contribution in [1.29, 1.82) is 0 Å². The lowest BCUT2D eigenvalue weighted by atomic mass is 9.97. The molecule has 2 unspecified atom stereocenters. The lowest BCUT2D eigenvalue weighted by Crippen LogP contribution is -2.49. The van der Waals surface area contributed by atoms with E-state index in [9.17, 15) is 4.79 Å². The van der Waals surface area contributed by atoms with Crippen LogP contribution in [0, 0.1) is 5.92 Å². The van der Waals surface area contributed by atoms with E-state index in [0.717, 1.165) is 51.5 Å². The molecule has 2 saturated heterocycles. The summed E-state index contributed by atoms with van der Waals surface area (Å²) in [6, 6.07) is 0.111. The lowest BCUT2D eigenvalue weighted by molar-refractivity contribution is -0.126. The van der Waals surface area contributed by atoms with Crippen molar-refractivity contribution in [3.63, 3.8) is 0 Å². The third-order valence-corrected chi connectivity index (χ3v) is 4.24. The van der Waals surface area contributed by atoms with Gasteiger partial charge >= 0.3 is 0 Å². The summed E-state index contributed by atoms with van der Waals surface area (Å²) in [6.07, 6.45) is 5.91. The fraction of sp³-hybridized carbons (Fsp3) is 0.929. The molecule has 4 heteroatoms. The summed E-state index contributed by atoms with van der Waals surface area (Å²) in [5.41, 5.74) is 0. The summed E-state index contributed by atoms with van der Waals surface area (Å²) in [5, 5.41) is 6.51. The summed E-state index contributed by atoms with van der Waals surface area (Å²) in [4.78, 5) is 14.5. The predicted molar refractivity (Wildman–Crippen MR) is 73.5 cm³/mol. The topological polar surface area (TPSA) is 44.4 Å². The summed E-state index contributed by atoms with van der Waals surface area (Å²) in [6.45, 7) is 7.36. The molecule has 0 aromatic heterocycles. The van der Waals surface area contributed by atoms with Gasteiger partial charge in [-0.25, -0.2) is 0 Å². The van der Waals surface area contributed by atoms with Gasteiger partial charge in [0.1, 0.15) is 0 Å². The average Bonchev–Trinajstić information content (AvgIpc) is 2.62. The van der Waals surface area contributed by atoms with Gasteiger partial charge in [0.2, 0.25) is 5.91 Å². The second kappa shape index (κ2) is 7.10. The largest absolute Gasteiger partial charge is 0.355 e. The van der Waals surface area contributed by atoms with Gasteiger partial charge in [-0.1, -0.05) is 6.92 Å². The summed E-state index contributed by atoms with van der Waals surface area (Å²) in [5.74, 6) is 0.966. The monoisotopic (exact) mass is 253 g/mol. The molecule has 0 bridgehead atoms. The first-order chi connectivity index (χ1) is 8.81. The minimum Gasteiger partial charge on any atom is -0.355 e. The van der Waals surface area contributed by atoms with Crippen LogP contribution >= 0.6 is 0 Å². The summed E-state index contributed by atoms with van der Waals surface area (Å²) in [7, 11) is 0. The third kappa shape index (κ3) is 3.69. The standard InChI is InChI=1S/C14H27N3O/c1-2-17(11-12-6-5-8-15-10-12)13-7-3-4-9-16-14(13)18/h12-13,15H,2-11H2,1H3,(H,16,18). The Hall–Kier alpha value is -0.610. The molecule has 0 aromatic carbocycles. The SMILES string of the molecule is CCN(CC1CCCNC1)C1CCCCNC1=O. The van der Waals surface area contributed by atoms with Crippen molar-refractivity contribution in [1.82, 2.24) is 15.5 Å². The molecule has 1 amide bonds. The highest BCUT2D eigenvalue weighted by atomic mass is 16.2. The van der Waals surface area contributed by atoms with E-state index in [1.807, 2.05) is 0 Å². The molecule has 2 N–H and O–H groups in total. The van der Waals surface area contributed by atoms with Crippen molar-refractivity contribution in [3.8, 4) is 0 Å². The van der Waals surface area contributed by atoms with Gasteiger partial charge in [0, 0.05) is 13.1 Å². The molecule has 4 nitrogen and oxygen atoms in total. The van der Waals surface area contributed by atoms with E-state index in [1.165, 1.54) is 19.3 Å². The maximum atomic E-state index is 12.1. The maximum Gasteiger partial charge on any atom is 0.237 e. The minimum absolute atomic E-state index is 0.111. The Kier molecular flexibility index (Phi) is 5.45. The van der Waals surface area contributed by atoms with Crippen LogP contribution in [0.2, 0.25) is 0 Å². The Bertz CT molecular complexity index is 264. The van der Waals surface area contributed by atoms with Crippen molar-refractivity contribution >= 4 is 5.91 Å². The van der Waals surface area contributed by atoms with E-state index in [1.54, 1.807) is 0 Å². The van der Waals surface area contributed by atoms with Crippen LogP contribution in [0.15, 0.2) is 0 Å². The normalized spacial score (nSPS) is 30.0. The average molecular weight is 253 g/mol. The Morgan fingerprint density at radius 3 is 2.83 bits per heavy atom. The predicted octanol–water partition coefficient (Wildman–Crippen LogP) is 0.977. The Morgan fingerprint density at radius 2 is 2.11 bits per heavy atom. The van der Waals surface area contributed by atoms with Gasteiger partial charge in [0.15, 0.2) is 0 Å². The van der Waals surface area contributed by atoms with Crippen molar-refractivity contribution in [2.75, 3.05) is 32.7 Å². The smallest absolute Gasteiger partial charge is 0.237 e. The third-order valence-electron chi connectivity index (χ3n) is 4.24.